The van der Waals surface area contributed by atoms with E-state index < -0.39 is 6.10 Å². The average molecular weight is 272 g/mol. The summed E-state index contributed by atoms with van der Waals surface area (Å²) in [4.78, 5) is 0. The fraction of sp³-hybridized carbons (Fsp3) is 0.294. The lowest BCUT2D eigenvalue weighted by atomic mass is 10.1. The van der Waals surface area contributed by atoms with Crippen molar-refractivity contribution in [3.8, 4) is 17.2 Å². The lowest BCUT2D eigenvalue weighted by Gasteiger charge is -2.16. The smallest absolute Gasteiger partial charge is 0.136 e. The van der Waals surface area contributed by atoms with Gasteiger partial charge in [-0.15, -0.1) is 0 Å². The van der Waals surface area contributed by atoms with Gasteiger partial charge in [-0.25, -0.2) is 0 Å². The van der Waals surface area contributed by atoms with Crippen molar-refractivity contribution in [3.63, 3.8) is 0 Å². The molecule has 0 aliphatic rings. The van der Waals surface area contributed by atoms with Crippen LogP contribution in [0.15, 0.2) is 42.5 Å². The zero-order valence-corrected chi connectivity index (χ0v) is 12.1. The van der Waals surface area contributed by atoms with Gasteiger partial charge in [-0.1, -0.05) is 25.1 Å². The zero-order valence-electron chi connectivity index (χ0n) is 12.1. The van der Waals surface area contributed by atoms with E-state index in [1.165, 1.54) is 5.56 Å². The monoisotopic (exact) mass is 272 g/mol. The Morgan fingerprint density at radius 3 is 2.25 bits per heavy atom. The Hall–Kier alpha value is -2.00. The van der Waals surface area contributed by atoms with E-state index in [2.05, 4.69) is 6.92 Å². The van der Waals surface area contributed by atoms with Crippen LogP contribution in [-0.4, -0.2) is 12.2 Å². The molecule has 106 valence electrons. The van der Waals surface area contributed by atoms with Gasteiger partial charge in [0.1, 0.15) is 17.2 Å². The number of benzene rings is 2. The molecule has 1 N–H and O–H groups in total. The molecule has 1 atom stereocenters. The Morgan fingerprint density at radius 2 is 1.70 bits per heavy atom. The number of aliphatic hydroxyl groups excluding tert-OH is 1. The Morgan fingerprint density at radius 1 is 1.05 bits per heavy atom. The molecule has 0 fully saturated rings. The van der Waals surface area contributed by atoms with Crippen molar-refractivity contribution in [1.29, 1.82) is 0 Å². The van der Waals surface area contributed by atoms with Gasteiger partial charge in [0, 0.05) is 0 Å². The Bertz CT molecular complexity index is 559. The fourth-order valence-electron chi connectivity index (χ4n) is 2.12. The molecule has 0 radical (unpaired) electrons. The van der Waals surface area contributed by atoms with Gasteiger partial charge in [-0.3, -0.25) is 0 Å². The van der Waals surface area contributed by atoms with Crippen LogP contribution in [0.25, 0.3) is 0 Å². The molecule has 0 spiro atoms. The highest BCUT2D eigenvalue weighted by Gasteiger charge is 2.15. The second-order valence-electron chi connectivity index (χ2n) is 4.65. The van der Waals surface area contributed by atoms with E-state index in [0.717, 1.165) is 12.2 Å². The van der Waals surface area contributed by atoms with Crippen molar-refractivity contribution in [3.05, 3.63) is 53.6 Å². The van der Waals surface area contributed by atoms with Crippen LogP contribution in [0.2, 0.25) is 0 Å². The number of hydrogen-bond donors (Lipinski definition) is 1. The second kappa shape index (κ2) is 6.44. The van der Waals surface area contributed by atoms with E-state index in [1.54, 1.807) is 14.0 Å². The first-order valence-electron chi connectivity index (χ1n) is 6.77. The molecule has 2 aromatic carbocycles. The van der Waals surface area contributed by atoms with Gasteiger partial charge in [-0.05, 0) is 43.2 Å². The molecule has 0 heterocycles. The quantitative estimate of drug-likeness (QED) is 0.890. The average Bonchev–Trinajstić information content (AvgIpc) is 2.47. The molecule has 2 rings (SSSR count). The molecule has 0 aliphatic carbocycles. The summed E-state index contributed by atoms with van der Waals surface area (Å²) in [6.07, 6.45) is 0.342. The summed E-state index contributed by atoms with van der Waals surface area (Å²) in [7, 11) is 1.58. The summed E-state index contributed by atoms with van der Waals surface area (Å²) in [5.41, 5.74) is 1.92. The summed E-state index contributed by atoms with van der Waals surface area (Å²) in [5, 5.41) is 9.92. The first-order chi connectivity index (χ1) is 9.65. The van der Waals surface area contributed by atoms with Crippen LogP contribution in [0.3, 0.4) is 0 Å². The van der Waals surface area contributed by atoms with Crippen molar-refractivity contribution in [2.24, 2.45) is 0 Å². The van der Waals surface area contributed by atoms with Crippen LogP contribution in [-0.2, 0) is 6.42 Å². The molecular weight excluding hydrogens is 252 g/mol. The molecule has 3 heteroatoms. The molecule has 0 aromatic heterocycles. The van der Waals surface area contributed by atoms with E-state index >= 15 is 0 Å². The van der Waals surface area contributed by atoms with Crippen LogP contribution in [0.1, 0.15) is 31.1 Å². The minimum absolute atomic E-state index is 0.614. The maximum Gasteiger partial charge on any atom is 0.136 e. The van der Waals surface area contributed by atoms with Gasteiger partial charge in [0.05, 0.1) is 18.8 Å². The largest absolute Gasteiger partial charge is 0.496 e. The van der Waals surface area contributed by atoms with Crippen molar-refractivity contribution in [1.82, 2.24) is 0 Å². The van der Waals surface area contributed by atoms with Gasteiger partial charge in [0.15, 0.2) is 0 Å². The van der Waals surface area contributed by atoms with E-state index in [0.29, 0.717) is 17.1 Å². The van der Waals surface area contributed by atoms with E-state index in [4.69, 9.17) is 9.47 Å². The number of aryl methyl sites for hydroxylation is 1. The molecule has 2 aromatic rings. The molecule has 0 amide bonds. The summed E-state index contributed by atoms with van der Waals surface area (Å²) in [6.45, 7) is 3.81. The third kappa shape index (κ3) is 3.11. The highest BCUT2D eigenvalue weighted by Crippen LogP contribution is 2.36. The van der Waals surface area contributed by atoms with Crippen LogP contribution < -0.4 is 9.47 Å². The van der Waals surface area contributed by atoms with Crippen molar-refractivity contribution < 1.29 is 14.6 Å². The maximum absolute atomic E-state index is 9.92. The van der Waals surface area contributed by atoms with Crippen LogP contribution in [0, 0.1) is 0 Å². The third-order valence-corrected chi connectivity index (χ3v) is 3.22. The van der Waals surface area contributed by atoms with Crippen molar-refractivity contribution in [2.45, 2.75) is 26.4 Å². The molecular formula is C17H20O3. The SMILES string of the molecule is CCc1ccc(Oc2cccc(OC)c2[C@@H](C)O)cc1. The molecule has 20 heavy (non-hydrogen) atoms. The number of hydrogen-bond acceptors (Lipinski definition) is 3. The summed E-state index contributed by atoms with van der Waals surface area (Å²) < 4.78 is 11.2. The summed E-state index contributed by atoms with van der Waals surface area (Å²) in [6, 6.07) is 13.4. The van der Waals surface area contributed by atoms with Gasteiger partial charge in [0.2, 0.25) is 0 Å². The normalized spacial score (nSPS) is 12.0. The first kappa shape index (κ1) is 14.4. The molecule has 0 unspecified atom stereocenters. The van der Waals surface area contributed by atoms with E-state index in [9.17, 15) is 5.11 Å². The summed E-state index contributed by atoms with van der Waals surface area (Å²) >= 11 is 0. The standard InChI is InChI=1S/C17H20O3/c1-4-13-8-10-14(11-9-13)20-16-7-5-6-15(19-3)17(16)12(2)18/h5-12,18H,4H2,1-3H3/t12-/m1/s1. The first-order valence-corrected chi connectivity index (χ1v) is 6.77. The number of aliphatic hydroxyl groups is 1. The summed E-state index contributed by atoms with van der Waals surface area (Å²) in [5.74, 6) is 1.99. The van der Waals surface area contributed by atoms with Gasteiger partial charge in [-0.2, -0.15) is 0 Å². The fourth-order valence-corrected chi connectivity index (χ4v) is 2.12. The van der Waals surface area contributed by atoms with Gasteiger partial charge in [0.25, 0.3) is 0 Å². The van der Waals surface area contributed by atoms with Crippen LogP contribution in [0.5, 0.6) is 17.2 Å². The Kier molecular flexibility index (Phi) is 4.64. The van der Waals surface area contributed by atoms with Crippen molar-refractivity contribution in [2.75, 3.05) is 7.11 Å². The molecule has 0 bridgehead atoms. The van der Waals surface area contributed by atoms with Gasteiger partial charge >= 0.3 is 0 Å². The second-order valence-corrected chi connectivity index (χ2v) is 4.65. The molecule has 3 nitrogen and oxygen atoms in total. The van der Waals surface area contributed by atoms with Crippen LogP contribution >= 0.6 is 0 Å². The lowest BCUT2D eigenvalue weighted by molar-refractivity contribution is 0.190. The molecule has 0 saturated heterocycles. The van der Waals surface area contributed by atoms with E-state index in [-0.39, 0.29) is 0 Å². The van der Waals surface area contributed by atoms with Crippen LogP contribution in [0.4, 0.5) is 0 Å². The lowest BCUT2D eigenvalue weighted by Crippen LogP contribution is -2.00. The van der Waals surface area contributed by atoms with E-state index in [1.807, 2.05) is 42.5 Å². The van der Waals surface area contributed by atoms with Gasteiger partial charge < -0.3 is 14.6 Å². The highest BCUT2D eigenvalue weighted by atomic mass is 16.5. The Balaban J connectivity index is 2.32. The topological polar surface area (TPSA) is 38.7 Å². The number of rotatable bonds is 5. The number of ether oxygens (including phenoxy) is 2. The molecule has 0 aliphatic heterocycles. The highest BCUT2D eigenvalue weighted by molar-refractivity contribution is 5.48. The predicted octanol–water partition coefficient (Wildman–Crippen LogP) is 4.10. The Labute approximate surface area is 119 Å². The zero-order chi connectivity index (χ0) is 14.5. The molecule has 0 saturated carbocycles. The number of methoxy groups -OCH3 is 1. The maximum atomic E-state index is 9.92. The third-order valence-electron chi connectivity index (χ3n) is 3.22. The predicted molar refractivity (Wildman–Crippen MR) is 79.5 cm³/mol. The van der Waals surface area contributed by atoms with Crippen molar-refractivity contribution >= 4 is 0 Å². The minimum Gasteiger partial charge on any atom is -0.496 e. The minimum atomic E-state index is -0.656.